The van der Waals surface area contributed by atoms with Crippen LogP contribution >= 0.6 is 0 Å². The van der Waals surface area contributed by atoms with Crippen molar-refractivity contribution in [3.05, 3.63) is 77.5 Å². The Bertz CT molecular complexity index is 1300. The first-order valence-electron chi connectivity index (χ1n) is 8.75. The molecule has 9 heteroatoms. The molecule has 0 aliphatic rings. The third-order valence-electron chi connectivity index (χ3n) is 4.47. The summed E-state index contributed by atoms with van der Waals surface area (Å²) in [7, 11) is 0. The molecule has 4 aromatic rings. The lowest BCUT2D eigenvalue weighted by Crippen LogP contribution is -2.09. The molecule has 0 aliphatic carbocycles. The van der Waals surface area contributed by atoms with Crippen molar-refractivity contribution >= 4 is 22.5 Å². The summed E-state index contributed by atoms with van der Waals surface area (Å²) in [5, 5.41) is 12.4. The van der Waals surface area contributed by atoms with Gasteiger partial charge in [-0.3, -0.25) is 4.98 Å². The highest BCUT2D eigenvalue weighted by Crippen LogP contribution is 2.30. The Hall–Kier alpha value is -4.19. The summed E-state index contributed by atoms with van der Waals surface area (Å²) in [5.41, 5.74) is 7.03. The molecule has 2 heterocycles. The minimum atomic E-state index is -0.770. The summed E-state index contributed by atoms with van der Waals surface area (Å²) in [6.07, 6.45) is 1.20. The maximum atomic E-state index is 14.3. The summed E-state index contributed by atoms with van der Waals surface area (Å²) in [6, 6.07) is 10.9. The maximum absolute atomic E-state index is 14.3. The van der Waals surface area contributed by atoms with E-state index in [1.807, 2.05) is 6.07 Å². The summed E-state index contributed by atoms with van der Waals surface area (Å²) in [5.74, 6) is -1.85. The number of halogens is 3. The number of anilines is 2. The van der Waals surface area contributed by atoms with Gasteiger partial charge in [0.2, 0.25) is 0 Å². The molecule has 0 spiro atoms. The smallest absolute Gasteiger partial charge is 0.149 e. The minimum absolute atomic E-state index is 0.0102. The fourth-order valence-corrected chi connectivity index (χ4v) is 3.10. The summed E-state index contributed by atoms with van der Waals surface area (Å²) >= 11 is 0. The lowest BCUT2D eigenvalue weighted by Gasteiger charge is -2.14. The van der Waals surface area contributed by atoms with Crippen molar-refractivity contribution in [2.75, 3.05) is 11.1 Å². The molecule has 0 aliphatic heterocycles. The number of nitrogens with two attached hydrogens (primary N) is 1. The first kappa shape index (κ1) is 19.1. The molecule has 0 bridgehead atoms. The SMILES string of the molecule is N#Cc1c(N)ncnc1NCc1nc2cccc(F)c2cc1-c1cc(F)cc(F)c1. The van der Waals surface area contributed by atoms with Gasteiger partial charge in [0.05, 0.1) is 17.8 Å². The Morgan fingerprint density at radius 1 is 1.03 bits per heavy atom. The average molecular weight is 406 g/mol. The van der Waals surface area contributed by atoms with Crippen molar-refractivity contribution in [1.29, 1.82) is 5.26 Å². The number of rotatable bonds is 4. The molecule has 30 heavy (non-hydrogen) atoms. The fraction of sp³-hybridized carbons (Fsp3) is 0.0476. The molecule has 4 rings (SSSR count). The fourth-order valence-electron chi connectivity index (χ4n) is 3.10. The van der Waals surface area contributed by atoms with Gasteiger partial charge in [0.15, 0.2) is 0 Å². The molecule has 0 amide bonds. The third-order valence-corrected chi connectivity index (χ3v) is 4.47. The van der Waals surface area contributed by atoms with Crippen molar-refractivity contribution in [3.8, 4) is 17.2 Å². The minimum Gasteiger partial charge on any atom is -0.382 e. The van der Waals surface area contributed by atoms with Crippen LogP contribution in [0, 0.1) is 28.8 Å². The quantitative estimate of drug-likeness (QED) is 0.527. The van der Waals surface area contributed by atoms with Crippen LogP contribution in [-0.4, -0.2) is 15.0 Å². The van der Waals surface area contributed by atoms with Crippen LogP contribution in [0.1, 0.15) is 11.3 Å². The van der Waals surface area contributed by atoms with Crippen LogP contribution in [0.4, 0.5) is 24.8 Å². The normalized spacial score (nSPS) is 10.7. The molecule has 2 aromatic heterocycles. The van der Waals surface area contributed by atoms with Crippen LogP contribution in [0.2, 0.25) is 0 Å². The molecule has 148 valence electrons. The second-order valence-electron chi connectivity index (χ2n) is 6.40. The van der Waals surface area contributed by atoms with Gasteiger partial charge in [-0.15, -0.1) is 0 Å². The first-order chi connectivity index (χ1) is 14.5. The van der Waals surface area contributed by atoms with E-state index in [9.17, 15) is 18.4 Å². The van der Waals surface area contributed by atoms with Gasteiger partial charge < -0.3 is 11.1 Å². The molecule has 6 nitrogen and oxygen atoms in total. The molecule has 0 radical (unpaired) electrons. The monoisotopic (exact) mass is 406 g/mol. The lowest BCUT2D eigenvalue weighted by molar-refractivity contribution is 0.584. The van der Waals surface area contributed by atoms with Crippen molar-refractivity contribution in [2.24, 2.45) is 0 Å². The van der Waals surface area contributed by atoms with Gasteiger partial charge in [-0.05, 0) is 35.9 Å². The standard InChI is InChI=1S/C21H13F3N6/c22-12-4-11(5-13(23)6-12)14-7-15-17(24)2-1-3-18(15)30-19(14)9-27-21-16(8-25)20(26)28-10-29-21/h1-7,10H,9H2,(H3,26,27,28,29). The summed E-state index contributed by atoms with van der Waals surface area (Å²) in [6.45, 7) is 0.0328. The van der Waals surface area contributed by atoms with Crippen LogP contribution in [0.5, 0.6) is 0 Å². The van der Waals surface area contributed by atoms with Crippen molar-refractivity contribution in [3.63, 3.8) is 0 Å². The Kier molecular flexibility index (Phi) is 4.90. The van der Waals surface area contributed by atoms with E-state index in [4.69, 9.17) is 5.73 Å². The lowest BCUT2D eigenvalue weighted by atomic mass is 10.0. The van der Waals surface area contributed by atoms with Gasteiger partial charge in [-0.2, -0.15) is 5.26 Å². The van der Waals surface area contributed by atoms with E-state index in [1.54, 1.807) is 6.07 Å². The summed E-state index contributed by atoms with van der Waals surface area (Å²) < 4.78 is 41.9. The number of nitrogen functional groups attached to an aromatic ring is 1. The number of nitrogens with one attached hydrogen (secondary N) is 1. The van der Waals surface area contributed by atoms with E-state index in [2.05, 4.69) is 20.3 Å². The first-order valence-corrected chi connectivity index (χ1v) is 8.75. The van der Waals surface area contributed by atoms with E-state index < -0.39 is 17.5 Å². The largest absolute Gasteiger partial charge is 0.382 e. The number of hydrogen-bond acceptors (Lipinski definition) is 6. The van der Waals surface area contributed by atoms with Gasteiger partial charge in [0.1, 0.15) is 47.0 Å². The predicted octanol–water partition coefficient (Wildman–Crippen LogP) is 4.18. The van der Waals surface area contributed by atoms with Gasteiger partial charge in [-0.1, -0.05) is 6.07 Å². The van der Waals surface area contributed by atoms with E-state index in [0.29, 0.717) is 16.8 Å². The number of benzene rings is 2. The molecule has 0 saturated carbocycles. The molecule has 0 atom stereocenters. The molecule has 0 saturated heterocycles. The number of hydrogen-bond donors (Lipinski definition) is 2. The Morgan fingerprint density at radius 2 is 1.80 bits per heavy atom. The average Bonchev–Trinajstić information content (AvgIpc) is 2.71. The molecular weight excluding hydrogens is 393 g/mol. The van der Waals surface area contributed by atoms with Crippen LogP contribution in [0.3, 0.4) is 0 Å². The number of aromatic nitrogens is 3. The Morgan fingerprint density at radius 3 is 2.53 bits per heavy atom. The van der Waals surface area contributed by atoms with Crippen LogP contribution in [0.25, 0.3) is 22.0 Å². The number of nitrogens with zero attached hydrogens (tertiary/aromatic N) is 4. The van der Waals surface area contributed by atoms with E-state index in [-0.39, 0.29) is 34.7 Å². The highest BCUT2D eigenvalue weighted by atomic mass is 19.1. The zero-order valence-corrected chi connectivity index (χ0v) is 15.3. The topological polar surface area (TPSA) is 101 Å². The van der Waals surface area contributed by atoms with E-state index in [1.165, 1.54) is 24.5 Å². The van der Waals surface area contributed by atoms with E-state index >= 15 is 0 Å². The van der Waals surface area contributed by atoms with Crippen molar-refractivity contribution in [1.82, 2.24) is 15.0 Å². The summed E-state index contributed by atoms with van der Waals surface area (Å²) in [4.78, 5) is 12.2. The Balaban J connectivity index is 1.84. The number of fused-ring (bicyclic) bond motifs is 1. The van der Waals surface area contributed by atoms with Gasteiger partial charge in [0.25, 0.3) is 0 Å². The highest BCUT2D eigenvalue weighted by Gasteiger charge is 2.15. The van der Waals surface area contributed by atoms with Crippen molar-refractivity contribution in [2.45, 2.75) is 6.54 Å². The van der Waals surface area contributed by atoms with Gasteiger partial charge >= 0.3 is 0 Å². The second kappa shape index (κ2) is 7.67. The van der Waals surface area contributed by atoms with Crippen molar-refractivity contribution < 1.29 is 13.2 Å². The number of nitriles is 1. The van der Waals surface area contributed by atoms with Gasteiger partial charge in [-0.25, -0.2) is 23.1 Å². The molecule has 0 unspecified atom stereocenters. The molecule has 2 aromatic carbocycles. The Labute approximate surface area is 168 Å². The number of pyridine rings is 1. The highest BCUT2D eigenvalue weighted by molar-refractivity contribution is 5.85. The van der Waals surface area contributed by atoms with Crippen LogP contribution in [-0.2, 0) is 6.54 Å². The molecule has 3 N–H and O–H groups in total. The maximum Gasteiger partial charge on any atom is 0.149 e. The predicted molar refractivity (Wildman–Crippen MR) is 106 cm³/mol. The third kappa shape index (κ3) is 3.58. The van der Waals surface area contributed by atoms with Crippen LogP contribution in [0.15, 0.2) is 48.8 Å². The van der Waals surface area contributed by atoms with Gasteiger partial charge in [0, 0.05) is 17.0 Å². The molecular formula is C21H13F3N6. The molecule has 0 fully saturated rings. The zero-order chi connectivity index (χ0) is 21.3. The zero-order valence-electron chi connectivity index (χ0n) is 15.3. The van der Waals surface area contributed by atoms with E-state index in [0.717, 1.165) is 18.2 Å². The second-order valence-corrected chi connectivity index (χ2v) is 6.40. The van der Waals surface area contributed by atoms with Crippen LogP contribution < -0.4 is 11.1 Å².